The first-order chi connectivity index (χ1) is 6.31. The summed E-state index contributed by atoms with van der Waals surface area (Å²) in [6.07, 6.45) is 1.21. The minimum absolute atomic E-state index is 0.329. The van der Waals surface area contributed by atoms with E-state index in [1.165, 1.54) is 12.3 Å². The molecule has 0 atom stereocenters. The monoisotopic (exact) mass is 195 g/mol. The fraction of sp³-hybridized carbons (Fsp3) is 0.100. The van der Waals surface area contributed by atoms with Crippen LogP contribution in [0.2, 0.25) is 0 Å². The summed E-state index contributed by atoms with van der Waals surface area (Å²) >= 11 is 5.71. The normalized spacial score (nSPS) is 10.6. The van der Waals surface area contributed by atoms with Crippen LogP contribution in [0.4, 0.5) is 4.39 Å². The highest BCUT2D eigenvalue weighted by molar-refractivity contribution is 6.18. The highest BCUT2D eigenvalue weighted by Crippen LogP contribution is 2.19. The number of hydrogen-bond donors (Lipinski definition) is 0. The van der Waals surface area contributed by atoms with Crippen LogP contribution in [-0.4, -0.2) is 4.98 Å². The number of nitrogens with zero attached hydrogens (tertiary/aromatic N) is 1. The van der Waals surface area contributed by atoms with Crippen LogP contribution < -0.4 is 0 Å². The van der Waals surface area contributed by atoms with Gasteiger partial charge in [-0.1, -0.05) is 12.1 Å². The van der Waals surface area contributed by atoms with E-state index in [9.17, 15) is 4.39 Å². The third kappa shape index (κ3) is 1.49. The summed E-state index contributed by atoms with van der Waals surface area (Å²) in [6.45, 7) is 0. The second-order valence-corrected chi connectivity index (χ2v) is 3.04. The largest absolute Gasteiger partial charge is 0.253 e. The molecule has 0 aliphatic rings. The summed E-state index contributed by atoms with van der Waals surface area (Å²) in [5, 5.41) is 0.789. The Labute approximate surface area is 80.2 Å². The molecule has 0 spiro atoms. The maximum Gasteiger partial charge on any atom is 0.142 e. The molecule has 0 saturated carbocycles. The summed E-state index contributed by atoms with van der Waals surface area (Å²) in [6, 6.07) is 7.03. The van der Waals surface area contributed by atoms with Crippen LogP contribution in [0.3, 0.4) is 0 Å². The van der Waals surface area contributed by atoms with E-state index >= 15 is 0 Å². The lowest BCUT2D eigenvalue weighted by atomic mass is 10.1. The molecule has 1 aromatic heterocycles. The predicted octanol–water partition coefficient (Wildman–Crippen LogP) is 3.11. The van der Waals surface area contributed by atoms with Crippen LogP contribution in [0.1, 0.15) is 5.56 Å². The van der Waals surface area contributed by atoms with Gasteiger partial charge in [-0.2, -0.15) is 0 Å². The first-order valence-electron chi connectivity index (χ1n) is 3.90. The molecule has 1 aromatic carbocycles. The van der Waals surface area contributed by atoms with Gasteiger partial charge in [0.05, 0.1) is 11.7 Å². The zero-order valence-corrected chi connectivity index (χ0v) is 7.55. The standard InChI is InChI=1S/C10H7ClFN/c11-5-7-2-1-3-10-9(7)4-8(12)6-13-10/h1-4,6H,5H2. The van der Waals surface area contributed by atoms with Gasteiger partial charge >= 0.3 is 0 Å². The molecule has 0 unspecified atom stereocenters. The molecule has 0 aliphatic heterocycles. The van der Waals surface area contributed by atoms with E-state index in [0.29, 0.717) is 5.88 Å². The summed E-state index contributed by atoms with van der Waals surface area (Å²) < 4.78 is 12.8. The van der Waals surface area contributed by atoms with Gasteiger partial charge in [0.2, 0.25) is 0 Å². The van der Waals surface area contributed by atoms with Crippen molar-refractivity contribution < 1.29 is 4.39 Å². The van der Waals surface area contributed by atoms with E-state index in [0.717, 1.165) is 16.5 Å². The van der Waals surface area contributed by atoms with Crippen LogP contribution in [0, 0.1) is 5.82 Å². The predicted molar refractivity (Wildman–Crippen MR) is 51.3 cm³/mol. The van der Waals surface area contributed by atoms with Gasteiger partial charge in [-0.05, 0) is 17.7 Å². The number of halogens is 2. The Morgan fingerprint density at radius 2 is 2.23 bits per heavy atom. The molecule has 0 radical (unpaired) electrons. The Balaban J connectivity index is 2.79. The van der Waals surface area contributed by atoms with Crippen molar-refractivity contribution in [2.45, 2.75) is 5.88 Å². The van der Waals surface area contributed by atoms with Gasteiger partial charge in [-0.25, -0.2) is 4.39 Å². The van der Waals surface area contributed by atoms with Gasteiger partial charge in [0, 0.05) is 11.3 Å². The number of alkyl halides is 1. The molecule has 1 nitrogen and oxygen atoms in total. The molecule has 0 bridgehead atoms. The molecular weight excluding hydrogens is 189 g/mol. The first kappa shape index (κ1) is 8.45. The summed E-state index contributed by atoms with van der Waals surface area (Å²) in [4.78, 5) is 3.96. The first-order valence-corrected chi connectivity index (χ1v) is 4.44. The number of rotatable bonds is 1. The number of hydrogen-bond acceptors (Lipinski definition) is 1. The summed E-state index contributed by atoms with van der Waals surface area (Å²) in [5.74, 6) is 0.0488. The average Bonchev–Trinajstić information content (AvgIpc) is 2.17. The lowest BCUT2D eigenvalue weighted by Gasteiger charge is -2.01. The van der Waals surface area contributed by atoms with Gasteiger partial charge in [-0.15, -0.1) is 11.6 Å². The van der Waals surface area contributed by atoms with E-state index in [-0.39, 0.29) is 5.82 Å². The van der Waals surface area contributed by atoms with Gasteiger partial charge in [0.25, 0.3) is 0 Å². The molecular formula is C10H7ClFN. The molecule has 0 fully saturated rings. The van der Waals surface area contributed by atoms with E-state index < -0.39 is 0 Å². The highest BCUT2D eigenvalue weighted by atomic mass is 35.5. The molecule has 66 valence electrons. The zero-order chi connectivity index (χ0) is 9.26. The second-order valence-electron chi connectivity index (χ2n) is 2.77. The SMILES string of the molecule is Fc1cnc2cccc(CCl)c2c1. The number of benzene rings is 1. The van der Waals surface area contributed by atoms with Crippen molar-refractivity contribution in [1.82, 2.24) is 4.98 Å². The van der Waals surface area contributed by atoms with Crippen molar-refractivity contribution in [1.29, 1.82) is 0 Å². The topological polar surface area (TPSA) is 12.9 Å². The minimum atomic E-state index is -0.329. The fourth-order valence-corrected chi connectivity index (χ4v) is 1.53. The molecule has 3 heteroatoms. The van der Waals surface area contributed by atoms with Crippen molar-refractivity contribution in [3.05, 3.63) is 41.8 Å². The smallest absolute Gasteiger partial charge is 0.142 e. The van der Waals surface area contributed by atoms with E-state index in [1.807, 2.05) is 18.2 Å². The molecule has 1 heterocycles. The van der Waals surface area contributed by atoms with E-state index in [2.05, 4.69) is 4.98 Å². The summed E-state index contributed by atoms with van der Waals surface area (Å²) in [5.41, 5.74) is 1.69. The van der Waals surface area contributed by atoms with Crippen LogP contribution in [-0.2, 0) is 5.88 Å². The van der Waals surface area contributed by atoms with Crippen molar-refractivity contribution in [2.75, 3.05) is 0 Å². The molecule has 0 saturated heterocycles. The average molecular weight is 196 g/mol. The molecule has 2 aromatic rings. The maximum atomic E-state index is 12.8. The zero-order valence-electron chi connectivity index (χ0n) is 6.80. The van der Waals surface area contributed by atoms with Crippen LogP contribution in [0.5, 0.6) is 0 Å². The molecule has 13 heavy (non-hydrogen) atoms. The van der Waals surface area contributed by atoms with Gasteiger partial charge in [0.1, 0.15) is 5.82 Å². The Morgan fingerprint density at radius 3 is 3.00 bits per heavy atom. The Hall–Kier alpha value is -1.15. The van der Waals surface area contributed by atoms with Crippen LogP contribution in [0.15, 0.2) is 30.5 Å². The number of fused-ring (bicyclic) bond motifs is 1. The molecule has 0 aliphatic carbocycles. The van der Waals surface area contributed by atoms with Gasteiger partial charge in [-0.3, -0.25) is 4.98 Å². The number of aromatic nitrogens is 1. The summed E-state index contributed by atoms with van der Waals surface area (Å²) in [7, 11) is 0. The third-order valence-corrected chi connectivity index (χ3v) is 2.21. The number of pyridine rings is 1. The van der Waals surface area contributed by atoms with Crippen molar-refractivity contribution in [3.8, 4) is 0 Å². The van der Waals surface area contributed by atoms with Crippen molar-refractivity contribution >= 4 is 22.5 Å². The highest BCUT2D eigenvalue weighted by Gasteiger charge is 2.01. The molecule has 0 N–H and O–H groups in total. The van der Waals surface area contributed by atoms with Crippen LogP contribution in [0.25, 0.3) is 10.9 Å². The third-order valence-electron chi connectivity index (χ3n) is 1.93. The van der Waals surface area contributed by atoms with Crippen LogP contribution >= 0.6 is 11.6 Å². The van der Waals surface area contributed by atoms with Gasteiger partial charge in [0.15, 0.2) is 0 Å². The lowest BCUT2D eigenvalue weighted by Crippen LogP contribution is -1.86. The maximum absolute atomic E-state index is 12.8. The van der Waals surface area contributed by atoms with E-state index in [1.54, 1.807) is 0 Å². The fourth-order valence-electron chi connectivity index (χ4n) is 1.30. The molecule has 0 amide bonds. The lowest BCUT2D eigenvalue weighted by molar-refractivity contribution is 0.624. The van der Waals surface area contributed by atoms with Crippen molar-refractivity contribution in [3.63, 3.8) is 0 Å². The van der Waals surface area contributed by atoms with E-state index in [4.69, 9.17) is 11.6 Å². The van der Waals surface area contributed by atoms with Gasteiger partial charge < -0.3 is 0 Å². The van der Waals surface area contributed by atoms with Crippen molar-refractivity contribution in [2.24, 2.45) is 0 Å². The Morgan fingerprint density at radius 1 is 1.38 bits per heavy atom. The Kier molecular flexibility index (Phi) is 2.15. The Bertz CT molecular complexity index is 442. The molecule has 2 rings (SSSR count). The quantitative estimate of drug-likeness (QED) is 0.638. The minimum Gasteiger partial charge on any atom is -0.253 e. The second kappa shape index (κ2) is 3.30.